The number of benzene rings is 3. The van der Waals surface area contributed by atoms with E-state index in [1.165, 1.54) is 6.07 Å². The van der Waals surface area contributed by atoms with Crippen molar-refractivity contribution in [2.75, 3.05) is 19.5 Å². The number of hydrogen-bond acceptors (Lipinski definition) is 6. The summed E-state index contributed by atoms with van der Waals surface area (Å²) in [4.78, 5) is 23.6. The van der Waals surface area contributed by atoms with Gasteiger partial charge in [0.05, 0.1) is 19.1 Å². The van der Waals surface area contributed by atoms with Gasteiger partial charge in [-0.05, 0) is 29.8 Å². The number of rotatable bonds is 8. The molecule has 3 aromatic rings. The number of nitro groups is 1. The molecule has 0 aliphatic heterocycles. The molecule has 3 aromatic carbocycles. The average Bonchev–Trinajstić information content (AvgIpc) is 2.77. The molecule has 0 saturated carbocycles. The van der Waals surface area contributed by atoms with Crippen LogP contribution >= 0.6 is 0 Å². The minimum absolute atomic E-state index is 0.160. The zero-order chi connectivity index (χ0) is 20.8. The van der Waals surface area contributed by atoms with E-state index in [0.717, 1.165) is 5.56 Å². The monoisotopic (exact) mass is 392 g/mol. The van der Waals surface area contributed by atoms with Gasteiger partial charge in [-0.2, -0.15) is 0 Å². The van der Waals surface area contributed by atoms with Crippen LogP contribution in [0.15, 0.2) is 66.7 Å². The lowest BCUT2D eigenvalue weighted by molar-refractivity contribution is -0.384. The van der Waals surface area contributed by atoms with Crippen LogP contribution in [0.25, 0.3) is 0 Å². The number of anilines is 1. The van der Waals surface area contributed by atoms with Crippen LogP contribution in [0.4, 0.5) is 11.4 Å². The smallest absolute Gasteiger partial charge is 0.293 e. The van der Waals surface area contributed by atoms with Crippen LogP contribution < -0.4 is 14.8 Å². The maximum atomic E-state index is 12.6. The fourth-order valence-corrected chi connectivity index (χ4v) is 2.92. The fraction of sp³-hybridized carbons (Fsp3) is 0.136. The molecule has 0 bridgehead atoms. The molecule has 3 rings (SSSR count). The number of hydrogen-bond donors (Lipinski definition) is 1. The van der Waals surface area contributed by atoms with Gasteiger partial charge in [0.2, 0.25) is 0 Å². The quantitative estimate of drug-likeness (QED) is 0.346. The third-order valence-corrected chi connectivity index (χ3v) is 4.42. The Bertz CT molecular complexity index is 1030. The molecule has 0 amide bonds. The number of nitro benzene ring substituents is 1. The summed E-state index contributed by atoms with van der Waals surface area (Å²) in [6, 6.07) is 18.5. The summed E-state index contributed by atoms with van der Waals surface area (Å²) < 4.78 is 10.5. The van der Waals surface area contributed by atoms with Crippen molar-refractivity contribution in [1.29, 1.82) is 0 Å². The van der Waals surface area contributed by atoms with Gasteiger partial charge in [-0.15, -0.1) is 0 Å². The first-order valence-corrected chi connectivity index (χ1v) is 8.86. The third kappa shape index (κ3) is 4.52. The van der Waals surface area contributed by atoms with Gasteiger partial charge >= 0.3 is 0 Å². The number of ketones is 1. The topological polar surface area (TPSA) is 90.7 Å². The zero-order valence-electron chi connectivity index (χ0n) is 16.0. The fourth-order valence-electron chi connectivity index (χ4n) is 2.92. The number of nitrogens with zero attached hydrogens (tertiary/aromatic N) is 1. The first kappa shape index (κ1) is 19.9. The minimum atomic E-state index is -0.501. The van der Waals surface area contributed by atoms with Crippen LogP contribution in [-0.4, -0.2) is 24.9 Å². The molecule has 148 valence electrons. The highest BCUT2D eigenvalue weighted by Gasteiger charge is 2.18. The second-order valence-electron chi connectivity index (χ2n) is 6.23. The lowest BCUT2D eigenvalue weighted by Gasteiger charge is -2.11. The maximum absolute atomic E-state index is 12.6. The molecule has 29 heavy (non-hydrogen) atoms. The Labute approximate surface area is 168 Å². The summed E-state index contributed by atoms with van der Waals surface area (Å²) in [5, 5.41) is 14.6. The van der Waals surface area contributed by atoms with Gasteiger partial charge in [0.1, 0.15) is 5.69 Å². The van der Waals surface area contributed by atoms with E-state index >= 15 is 0 Å². The molecule has 0 aliphatic carbocycles. The first-order valence-electron chi connectivity index (χ1n) is 8.86. The lowest BCUT2D eigenvalue weighted by Crippen LogP contribution is -2.06. The molecule has 0 aromatic heterocycles. The van der Waals surface area contributed by atoms with Crippen molar-refractivity contribution in [3.05, 3.63) is 93.5 Å². The standard InChI is InChI=1S/C22H20N2O5/c1-28-20-11-8-15(12-21(20)29-2)14-23-18-10-9-17(13-19(18)24(26)27)22(25)16-6-4-3-5-7-16/h3-13,23H,14H2,1-2H3. The van der Waals surface area contributed by atoms with Crippen LogP contribution in [0.1, 0.15) is 21.5 Å². The maximum Gasteiger partial charge on any atom is 0.293 e. The molecule has 0 saturated heterocycles. The average molecular weight is 392 g/mol. The molecule has 0 aliphatic rings. The molecular formula is C22H20N2O5. The van der Waals surface area contributed by atoms with Crippen LogP contribution in [0.5, 0.6) is 11.5 Å². The molecule has 1 N–H and O–H groups in total. The third-order valence-electron chi connectivity index (χ3n) is 4.42. The lowest BCUT2D eigenvalue weighted by atomic mass is 10.0. The van der Waals surface area contributed by atoms with Crippen LogP contribution in [0, 0.1) is 10.1 Å². The second-order valence-corrected chi connectivity index (χ2v) is 6.23. The Morgan fingerprint density at radius 2 is 1.66 bits per heavy atom. The normalized spacial score (nSPS) is 10.3. The molecule has 7 heteroatoms. The van der Waals surface area contributed by atoms with Crippen molar-refractivity contribution in [3.8, 4) is 11.5 Å². The zero-order valence-corrected chi connectivity index (χ0v) is 16.0. The largest absolute Gasteiger partial charge is 0.493 e. The van der Waals surface area contributed by atoms with Gasteiger partial charge in [-0.25, -0.2) is 0 Å². The SMILES string of the molecule is COc1ccc(CNc2ccc(C(=O)c3ccccc3)cc2[N+](=O)[O-])cc1OC. The van der Waals surface area contributed by atoms with Gasteiger partial charge in [0, 0.05) is 23.7 Å². The van der Waals surface area contributed by atoms with E-state index in [4.69, 9.17) is 9.47 Å². The van der Waals surface area contributed by atoms with Gasteiger partial charge in [0.25, 0.3) is 5.69 Å². The van der Waals surface area contributed by atoms with Crippen molar-refractivity contribution >= 4 is 17.2 Å². The van der Waals surface area contributed by atoms with Crippen molar-refractivity contribution in [2.24, 2.45) is 0 Å². The number of nitrogens with one attached hydrogen (secondary N) is 1. The van der Waals surface area contributed by atoms with Crippen molar-refractivity contribution in [2.45, 2.75) is 6.54 Å². The molecule has 7 nitrogen and oxygen atoms in total. The second kappa shape index (κ2) is 8.88. The molecule has 0 spiro atoms. The van der Waals surface area contributed by atoms with E-state index < -0.39 is 4.92 Å². The Balaban J connectivity index is 1.83. The van der Waals surface area contributed by atoms with Gasteiger partial charge in [-0.3, -0.25) is 14.9 Å². The number of methoxy groups -OCH3 is 2. The number of ether oxygens (including phenoxy) is 2. The Morgan fingerprint density at radius 3 is 2.31 bits per heavy atom. The molecule has 0 atom stereocenters. The predicted molar refractivity (Wildman–Crippen MR) is 110 cm³/mol. The Morgan fingerprint density at radius 1 is 0.931 bits per heavy atom. The predicted octanol–water partition coefficient (Wildman–Crippen LogP) is 4.46. The van der Waals surface area contributed by atoms with Crippen LogP contribution in [-0.2, 0) is 6.54 Å². The van der Waals surface area contributed by atoms with Gasteiger partial charge < -0.3 is 14.8 Å². The van der Waals surface area contributed by atoms with Crippen LogP contribution in [0.2, 0.25) is 0 Å². The summed E-state index contributed by atoms with van der Waals surface area (Å²) >= 11 is 0. The summed E-state index contributed by atoms with van der Waals surface area (Å²) in [6.45, 7) is 0.340. The summed E-state index contributed by atoms with van der Waals surface area (Å²) in [7, 11) is 3.10. The first-order chi connectivity index (χ1) is 14.0. The highest BCUT2D eigenvalue weighted by Crippen LogP contribution is 2.30. The van der Waals surface area contributed by atoms with Crippen molar-refractivity contribution in [3.63, 3.8) is 0 Å². The Kier molecular flexibility index (Phi) is 6.09. The van der Waals surface area contributed by atoms with Crippen LogP contribution in [0.3, 0.4) is 0 Å². The summed E-state index contributed by atoms with van der Waals surface area (Å²) in [5.41, 5.74) is 1.77. The van der Waals surface area contributed by atoms with E-state index in [0.29, 0.717) is 29.3 Å². The summed E-state index contributed by atoms with van der Waals surface area (Å²) in [5.74, 6) is 0.913. The van der Waals surface area contributed by atoms with Gasteiger partial charge in [0.15, 0.2) is 17.3 Å². The number of carbonyl (C=O) groups is 1. The van der Waals surface area contributed by atoms with E-state index in [2.05, 4.69) is 5.32 Å². The molecular weight excluding hydrogens is 372 g/mol. The highest BCUT2D eigenvalue weighted by atomic mass is 16.6. The molecule has 0 radical (unpaired) electrons. The van der Waals surface area contributed by atoms with Crippen molar-refractivity contribution < 1.29 is 19.2 Å². The van der Waals surface area contributed by atoms with E-state index in [-0.39, 0.29) is 17.0 Å². The van der Waals surface area contributed by atoms with Crippen molar-refractivity contribution in [1.82, 2.24) is 0 Å². The van der Waals surface area contributed by atoms with Gasteiger partial charge in [-0.1, -0.05) is 36.4 Å². The minimum Gasteiger partial charge on any atom is -0.493 e. The highest BCUT2D eigenvalue weighted by molar-refractivity contribution is 6.09. The van der Waals surface area contributed by atoms with E-state index in [9.17, 15) is 14.9 Å². The summed E-state index contributed by atoms with van der Waals surface area (Å²) in [6.07, 6.45) is 0. The van der Waals surface area contributed by atoms with E-state index in [1.54, 1.807) is 68.8 Å². The Hall–Kier alpha value is -3.87. The molecule has 0 heterocycles. The molecule has 0 unspecified atom stereocenters. The number of carbonyl (C=O) groups excluding carboxylic acids is 1. The van der Waals surface area contributed by atoms with E-state index in [1.807, 2.05) is 6.07 Å². The molecule has 0 fully saturated rings.